The molecule has 98 valence electrons. The van der Waals surface area contributed by atoms with E-state index in [0.717, 1.165) is 30.6 Å². The van der Waals surface area contributed by atoms with Crippen LogP contribution in [0, 0.1) is 5.41 Å². The fourth-order valence-corrected chi connectivity index (χ4v) is 2.50. The van der Waals surface area contributed by atoms with E-state index in [1.807, 2.05) is 0 Å². The second-order valence-corrected chi connectivity index (χ2v) is 4.67. The lowest BCUT2D eigenvalue weighted by molar-refractivity contribution is -0.144. The van der Waals surface area contributed by atoms with Crippen LogP contribution in [-0.2, 0) is 9.59 Å². The number of carboxylic acids is 1. The average molecular weight is 245 g/mol. The van der Waals surface area contributed by atoms with Crippen LogP contribution >= 0.6 is 0 Å². The summed E-state index contributed by atoms with van der Waals surface area (Å²) in [6.07, 6.45) is 3.35. The lowest BCUT2D eigenvalue weighted by Gasteiger charge is -2.28. The first-order valence-corrected chi connectivity index (χ1v) is 5.74. The molecule has 1 aliphatic carbocycles. The van der Waals surface area contributed by atoms with E-state index < -0.39 is 30.8 Å². The molecule has 3 N–H and O–H groups in total. The summed E-state index contributed by atoms with van der Waals surface area (Å²) < 4.78 is 0. The maximum Gasteiger partial charge on any atom is 0.303 e. The number of rotatable bonds is 6. The van der Waals surface area contributed by atoms with Crippen molar-refractivity contribution in [2.24, 2.45) is 5.41 Å². The van der Waals surface area contributed by atoms with Gasteiger partial charge >= 0.3 is 5.97 Å². The minimum atomic E-state index is -0.903. The molecule has 0 aliphatic heterocycles. The van der Waals surface area contributed by atoms with Crippen LogP contribution in [0.4, 0.5) is 0 Å². The van der Waals surface area contributed by atoms with E-state index in [0.29, 0.717) is 0 Å². The molecule has 6 nitrogen and oxygen atoms in total. The molecule has 0 saturated heterocycles. The Balaban J connectivity index is 2.66. The summed E-state index contributed by atoms with van der Waals surface area (Å²) in [5.41, 5.74) is -0.495. The summed E-state index contributed by atoms with van der Waals surface area (Å²) in [4.78, 5) is 23.5. The number of hydrogen-bond acceptors (Lipinski definition) is 4. The quantitative estimate of drug-likeness (QED) is 0.578. The zero-order valence-electron chi connectivity index (χ0n) is 9.76. The van der Waals surface area contributed by atoms with Crippen molar-refractivity contribution < 1.29 is 24.9 Å². The Hall–Kier alpha value is -1.14. The predicted molar refractivity (Wildman–Crippen MR) is 58.8 cm³/mol. The third-order valence-electron chi connectivity index (χ3n) is 3.41. The van der Waals surface area contributed by atoms with E-state index in [-0.39, 0.29) is 12.8 Å². The predicted octanol–water partition coefficient (Wildman–Crippen LogP) is 0.140. The van der Waals surface area contributed by atoms with Gasteiger partial charge in [-0.25, -0.2) is 0 Å². The molecule has 6 heteroatoms. The minimum Gasteiger partial charge on any atom is -0.481 e. The molecular formula is C11H19NO5. The van der Waals surface area contributed by atoms with Gasteiger partial charge < -0.3 is 15.3 Å². The van der Waals surface area contributed by atoms with Gasteiger partial charge in [0.25, 0.3) is 0 Å². The van der Waals surface area contributed by atoms with E-state index in [9.17, 15) is 9.59 Å². The fourth-order valence-electron chi connectivity index (χ4n) is 2.50. The van der Waals surface area contributed by atoms with Gasteiger partial charge in [0.2, 0.25) is 5.91 Å². The number of carboxylic acid groups (broad SMARTS) is 1. The van der Waals surface area contributed by atoms with Crippen LogP contribution < -0.4 is 0 Å². The Morgan fingerprint density at radius 1 is 1.06 bits per heavy atom. The third kappa shape index (κ3) is 3.67. The highest BCUT2D eigenvalue weighted by molar-refractivity contribution is 5.78. The zero-order chi connectivity index (χ0) is 12.9. The molecule has 1 saturated carbocycles. The molecule has 0 spiro atoms. The molecule has 0 radical (unpaired) electrons. The van der Waals surface area contributed by atoms with Crippen LogP contribution in [0.2, 0.25) is 0 Å². The summed E-state index contributed by atoms with van der Waals surface area (Å²) in [7, 11) is 0. The Morgan fingerprint density at radius 3 is 2.00 bits per heavy atom. The van der Waals surface area contributed by atoms with Gasteiger partial charge in [-0.1, -0.05) is 12.8 Å². The fraction of sp³-hybridized carbons (Fsp3) is 0.818. The monoisotopic (exact) mass is 245 g/mol. The SMILES string of the molecule is O=C(O)CC1(CC(=O)N(CO)CO)CCCC1. The summed E-state index contributed by atoms with van der Waals surface area (Å²) >= 11 is 0. The van der Waals surface area contributed by atoms with Gasteiger partial charge in [0.15, 0.2) is 0 Å². The van der Waals surface area contributed by atoms with E-state index in [4.69, 9.17) is 15.3 Å². The number of aliphatic hydroxyl groups excluding tert-OH is 2. The third-order valence-corrected chi connectivity index (χ3v) is 3.41. The van der Waals surface area contributed by atoms with Gasteiger partial charge in [-0.2, -0.15) is 0 Å². The Labute approximate surface area is 99.8 Å². The zero-order valence-corrected chi connectivity index (χ0v) is 9.76. The number of carbonyl (C=O) groups is 2. The largest absolute Gasteiger partial charge is 0.481 e. The summed E-state index contributed by atoms with van der Waals surface area (Å²) in [6.45, 7) is -1.09. The number of nitrogens with zero attached hydrogens (tertiary/aromatic N) is 1. The second-order valence-electron chi connectivity index (χ2n) is 4.67. The minimum absolute atomic E-state index is 0.0244. The van der Waals surface area contributed by atoms with Crippen LogP contribution in [0.15, 0.2) is 0 Å². The van der Waals surface area contributed by atoms with Crippen LogP contribution in [0.1, 0.15) is 38.5 Å². The van der Waals surface area contributed by atoms with Crippen molar-refractivity contribution in [3.8, 4) is 0 Å². The van der Waals surface area contributed by atoms with E-state index in [1.165, 1.54) is 0 Å². The van der Waals surface area contributed by atoms with Crippen LogP contribution in [0.5, 0.6) is 0 Å². The molecule has 1 rings (SSSR count). The van der Waals surface area contributed by atoms with Crippen molar-refractivity contribution in [3.63, 3.8) is 0 Å². The molecule has 1 fully saturated rings. The van der Waals surface area contributed by atoms with Gasteiger partial charge in [0, 0.05) is 6.42 Å². The van der Waals surface area contributed by atoms with Gasteiger partial charge in [-0.15, -0.1) is 0 Å². The van der Waals surface area contributed by atoms with Crippen LogP contribution in [0.3, 0.4) is 0 Å². The van der Waals surface area contributed by atoms with Gasteiger partial charge in [0.1, 0.15) is 13.5 Å². The molecule has 0 aromatic carbocycles. The molecular weight excluding hydrogens is 226 g/mol. The topological polar surface area (TPSA) is 98.1 Å². The Morgan fingerprint density at radius 2 is 1.59 bits per heavy atom. The summed E-state index contributed by atoms with van der Waals surface area (Å²) in [5.74, 6) is -1.29. The summed E-state index contributed by atoms with van der Waals surface area (Å²) in [6, 6.07) is 0. The molecule has 0 unspecified atom stereocenters. The van der Waals surface area contributed by atoms with Crippen molar-refractivity contribution in [2.75, 3.05) is 13.5 Å². The summed E-state index contributed by atoms with van der Waals surface area (Å²) in [5, 5.41) is 26.6. The van der Waals surface area contributed by atoms with Crippen LogP contribution in [0.25, 0.3) is 0 Å². The first-order valence-electron chi connectivity index (χ1n) is 5.74. The highest BCUT2D eigenvalue weighted by Crippen LogP contribution is 2.44. The van der Waals surface area contributed by atoms with E-state index >= 15 is 0 Å². The maximum absolute atomic E-state index is 11.8. The normalized spacial score (nSPS) is 18.0. The number of aliphatic hydroxyl groups is 2. The highest BCUT2D eigenvalue weighted by Gasteiger charge is 2.38. The Kier molecular flexibility index (Phi) is 4.89. The van der Waals surface area contributed by atoms with Gasteiger partial charge in [-0.3, -0.25) is 14.5 Å². The van der Waals surface area contributed by atoms with Crippen LogP contribution in [-0.4, -0.2) is 45.6 Å². The molecule has 1 aliphatic rings. The molecule has 1 amide bonds. The van der Waals surface area contributed by atoms with Crippen molar-refractivity contribution in [1.82, 2.24) is 4.90 Å². The molecule has 0 bridgehead atoms. The van der Waals surface area contributed by atoms with Crippen molar-refractivity contribution in [1.29, 1.82) is 0 Å². The highest BCUT2D eigenvalue weighted by atomic mass is 16.4. The molecule has 0 heterocycles. The molecule has 0 aromatic rings. The van der Waals surface area contributed by atoms with Crippen molar-refractivity contribution in [2.45, 2.75) is 38.5 Å². The number of hydrogen-bond donors (Lipinski definition) is 3. The molecule has 0 aromatic heterocycles. The smallest absolute Gasteiger partial charge is 0.303 e. The number of aliphatic carboxylic acids is 1. The van der Waals surface area contributed by atoms with Gasteiger partial charge in [0.05, 0.1) is 6.42 Å². The van der Waals surface area contributed by atoms with Crippen molar-refractivity contribution >= 4 is 11.9 Å². The molecule has 0 atom stereocenters. The Bertz CT molecular complexity index is 282. The lowest BCUT2D eigenvalue weighted by Crippen LogP contribution is -2.37. The van der Waals surface area contributed by atoms with Crippen molar-refractivity contribution in [3.05, 3.63) is 0 Å². The number of amides is 1. The maximum atomic E-state index is 11.8. The average Bonchev–Trinajstić information content (AvgIpc) is 2.66. The second kappa shape index (κ2) is 5.97. The number of carbonyl (C=O) groups excluding carboxylic acids is 1. The van der Waals surface area contributed by atoms with Gasteiger partial charge in [-0.05, 0) is 18.3 Å². The first-order chi connectivity index (χ1) is 8.03. The first kappa shape index (κ1) is 13.9. The standard InChI is InChI=1S/C11H19NO5/c13-7-12(8-14)9(15)5-11(6-10(16)17)3-1-2-4-11/h13-14H,1-8H2,(H,16,17). The lowest BCUT2D eigenvalue weighted by atomic mass is 9.79. The van der Waals surface area contributed by atoms with E-state index in [1.54, 1.807) is 0 Å². The molecule has 17 heavy (non-hydrogen) atoms. The van der Waals surface area contributed by atoms with E-state index in [2.05, 4.69) is 0 Å².